The fraction of sp³-hybridized carbons (Fsp3) is 0.300. The van der Waals surface area contributed by atoms with Crippen molar-refractivity contribution in [2.45, 2.75) is 12.7 Å². The van der Waals surface area contributed by atoms with Crippen LogP contribution >= 0.6 is 11.6 Å². The van der Waals surface area contributed by atoms with Crippen molar-refractivity contribution in [3.63, 3.8) is 0 Å². The van der Waals surface area contributed by atoms with Crippen LogP contribution in [0.25, 0.3) is 0 Å². The van der Waals surface area contributed by atoms with Gasteiger partial charge in [-0.25, -0.2) is 14.6 Å². The molecular weight excluding hydrogens is 451 g/mol. The third-order valence-corrected chi connectivity index (χ3v) is 5.24. The third-order valence-electron chi connectivity index (χ3n) is 4.88. The third kappa shape index (κ3) is 5.03. The Bertz CT molecular complexity index is 1080. The average molecular weight is 468 g/mol. The van der Waals surface area contributed by atoms with E-state index in [1.165, 1.54) is 9.80 Å². The molecule has 0 radical (unpaired) electrons. The van der Waals surface area contributed by atoms with Gasteiger partial charge in [0.05, 0.1) is 11.1 Å². The number of benzene rings is 1. The Morgan fingerprint density at radius 2 is 1.88 bits per heavy atom. The van der Waals surface area contributed by atoms with Gasteiger partial charge in [-0.15, -0.1) is 0 Å². The SMILES string of the molecule is N#Cc1cc(C(=O)O)c(C(F)(F)F)nc1N1CCN(C(=O)NCc2ccccc2Cl)CC1. The number of piperazine rings is 1. The summed E-state index contributed by atoms with van der Waals surface area (Å²) in [7, 11) is 0. The predicted octanol–water partition coefficient (Wildman–Crippen LogP) is 3.36. The van der Waals surface area contributed by atoms with Gasteiger partial charge in [0.1, 0.15) is 11.9 Å². The summed E-state index contributed by atoms with van der Waals surface area (Å²) in [4.78, 5) is 30.0. The molecule has 2 aromatic rings. The van der Waals surface area contributed by atoms with Crippen LogP contribution in [0, 0.1) is 11.3 Å². The normalized spacial score (nSPS) is 14.1. The number of halogens is 4. The van der Waals surface area contributed by atoms with Crippen LogP contribution in [0.15, 0.2) is 30.3 Å². The first-order valence-electron chi connectivity index (χ1n) is 9.38. The quantitative estimate of drug-likeness (QED) is 0.713. The van der Waals surface area contributed by atoms with Crippen LogP contribution in [0.3, 0.4) is 0 Å². The second-order valence-electron chi connectivity index (χ2n) is 6.89. The standard InChI is InChI=1S/C20H17ClF3N5O3/c21-15-4-2-1-3-12(15)11-26-19(32)29-7-5-28(6-8-29)17-13(10-25)9-14(18(30)31)16(27-17)20(22,23)24/h1-4,9H,5-8,11H2,(H,26,32)(H,30,31). The minimum absolute atomic E-state index is 0.116. The molecule has 1 aromatic heterocycles. The molecule has 0 unspecified atom stereocenters. The van der Waals surface area contributed by atoms with E-state index in [-0.39, 0.29) is 50.1 Å². The minimum Gasteiger partial charge on any atom is -0.478 e. The van der Waals surface area contributed by atoms with Crippen molar-refractivity contribution in [3.05, 3.63) is 57.7 Å². The first-order chi connectivity index (χ1) is 15.1. The first kappa shape index (κ1) is 23.1. The number of nitrogens with one attached hydrogen (secondary N) is 1. The van der Waals surface area contributed by atoms with Crippen LogP contribution < -0.4 is 10.2 Å². The highest BCUT2D eigenvalue weighted by Gasteiger charge is 2.39. The lowest BCUT2D eigenvalue weighted by Gasteiger charge is -2.36. The predicted molar refractivity (Wildman–Crippen MR) is 108 cm³/mol. The summed E-state index contributed by atoms with van der Waals surface area (Å²) < 4.78 is 39.9. The Labute approximate surface area is 185 Å². The number of nitrogens with zero attached hydrogens (tertiary/aromatic N) is 4. The van der Waals surface area contributed by atoms with Gasteiger partial charge in [-0.05, 0) is 17.7 Å². The molecule has 1 aliphatic heterocycles. The van der Waals surface area contributed by atoms with Crippen LogP contribution in [-0.2, 0) is 12.7 Å². The molecule has 1 aliphatic rings. The molecule has 32 heavy (non-hydrogen) atoms. The van der Waals surface area contributed by atoms with Crippen molar-refractivity contribution in [3.8, 4) is 6.07 Å². The molecule has 2 amide bonds. The summed E-state index contributed by atoms with van der Waals surface area (Å²) in [5.41, 5.74) is -2.21. The van der Waals surface area contributed by atoms with Crippen LogP contribution in [-0.4, -0.2) is 53.2 Å². The Morgan fingerprint density at radius 1 is 1.22 bits per heavy atom. The van der Waals surface area contributed by atoms with Gasteiger partial charge in [-0.2, -0.15) is 18.4 Å². The molecule has 0 saturated carbocycles. The van der Waals surface area contributed by atoms with Gasteiger partial charge in [0.2, 0.25) is 0 Å². The number of carbonyl (C=O) groups excluding carboxylic acids is 1. The van der Waals surface area contributed by atoms with Gasteiger partial charge in [-0.3, -0.25) is 0 Å². The Hall–Kier alpha value is -3.52. The van der Waals surface area contributed by atoms with Gasteiger partial charge >= 0.3 is 18.2 Å². The van der Waals surface area contributed by atoms with E-state index in [4.69, 9.17) is 16.7 Å². The fourth-order valence-corrected chi connectivity index (χ4v) is 3.45. The lowest BCUT2D eigenvalue weighted by atomic mass is 10.1. The van der Waals surface area contributed by atoms with Crippen LogP contribution in [0.4, 0.5) is 23.8 Å². The van der Waals surface area contributed by atoms with Gasteiger partial charge in [0.15, 0.2) is 5.69 Å². The van der Waals surface area contributed by atoms with E-state index in [1.54, 1.807) is 30.3 Å². The first-order valence-corrected chi connectivity index (χ1v) is 9.76. The number of carbonyl (C=O) groups is 2. The summed E-state index contributed by atoms with van der Waals surface area (Å²) in [6, 6.07) is 9.04. The highest BCUT2D eigenvalue weighted by Crippen LogP contribution is 2.34. The van der Waals surface area contributed by atoms with Gasteiger partial charge in [-0.1, -0.05) is 29.8 Å². The lowest BCUT2D eigenvalue weighted by Crippen LogP contribution is -2.52. The monoisotopic (exact) mass is 467 g/mol. The molecule has 12 heteroatoms. The second kappa shape index (κ2) is 9.32. The van der Waals surface area contributed by atoms with Crippen LogP contribution in [0.1, 0.15) is 27.2 Å². The summed E-state index contributed by atoms with van der Waals surface area (Å²) in [5.74, 6) is -2.09. The van der Waals surface area contributed by atoms with Crippen molar-refractivity contribution in [1.82, 2.24) is 15.2 Å². The van der Waals surface area contributed by atoms with E-state index >= 15 is 0 Å². The maximum Gasteiger partial charge on any atom is 0.434 e. The summed E-state index contributed by atoms with van der Waals surface area (Å²) in [5, 5.41) is 21.6. The maximum atomic E-state index is 13.3. The Morgan fingerprint density at radius 3 is 2.44 bits per heavy atom. The van der Waals surface area contributed by atoms with Crippen molar-refractivity contribution in [2.24, 2.45) is 0 Å². The van der Waals surface area contributed by atoms with Crippen LogP contribution in [0.5, 0.6) is 0 Å². The molecule has 3 rings (SSSR count). The van der Waals surface area contributed by atoms with E-state index in [9.17, 15) is 28.0 Å². The van der Waals surface area contributed by atoms with Crippen molar-refractivity contribution >= 4 is 29.4 Å². The summed E-state index contributed by atoms with van der Waals surface area (Å²) in [6.45, 7) is 0.784. The van der Waals surface area contributed by atoms with Crippen molar-refractivity contribution < 1.29 is 27.9 Å². The minimum atomic E-state index is -5.00. The van der Waals surface area contributed by atoms with Crippen molar-refractivity contribution in [1.29, 1.82) is 5.26 Å². The number of aromatic nitrogens is 1. The zero-order chi connectivity index (χ0) is 23.5. The van der Waals surface area contributed by atoms with E-state index in [0.717, 1.165) is 5.56 Å². The van der Waals surface area contributed by atoms with Crippen LogP contribution in [0.2, 0.25) is 5.02 Å². The smallest absolute Gasteiger partial charge is 0.434 e. The zero-order valence-electron chi connectivity index (χ0n) is 16.5. The number of alkyl halides is 3. The number of amides is 2. The number of aromatic carboxylic acids is 1. The number of hydrogen-bond donors (Lipinski definition) is 2. The average Bonchev–Trinajstić information content (AvgIpc) is 2.76. The molecule has 168 valence electrons. The molecule has 2 heterocycles. The number of pyridine rings is 1. The number of carboxylic acids is 1. The molecule has 0 spiro atoms. The summed E-state index contributed by atoms with van der Waals surface area (Å²) >= 11 is 6.06. The molecular formula is C20H17ClF3N5O3. The molecule has 1 fully saturated rings. The molecule has 8 nitrogen and oxygen atoms in total. The lowest BCUT2D eigenvalue weighted by molar-refractivity contribution is -0.141. The molecule has 1 saturated heterocycles. The molecule has 0 bridgehead atoms. The molecule has 2 N–H and O–H groups in total. The summed E-state index contributed by atoms with van der Waals surface area (Å²) in [6.07, 6.45) is -5.00. The molecule has 0 atom stereocenters. The largest absolute Gasteiger partial charge is 0.478 e. The number of carboxylic acid groups (broad SMARTS) is 1. The maximum absolute atomic E-state index is 13.3. The number of anilines is 1. The Kier molecular flexibility index (Phi) is 6.74. The number of urea groups is 1. The number of hydrogen-bond acceptors (Lipinski definition) is 5. The Balaban J connectivity index is 1.72. The number of rotatable bonds is 4. The zero-order valence-corrected chi connectivity index (χ0v) is 17.2. The molecule has 0 aliphatic carbocycles. The van der Waals surface area contributed by atoms with Gasteiger partial charge in [0.25, 0.3) is 0 Å². The van der Waals surface area contributed by atoms with E-state index in [1.807, 2.05) is 0 Å². The molecule has 1 aromatic carbocycles. The second-order valence-corrected chi connectivity index (χ2v) is 7.30. The number of nitriles is 1. The fourth-order valence-electron chi connectivity index (χ4n) is 3.25. The van der Waals surface area contributed by atoms with E-state index in [0.29, 0.717) is 11.1 Å². The highest BCUT2D eigenvalue weighted by molar-refractivity contribution is 6.31. The highest BCUT2D eigenvalue weighted by atomic mass is 35.5. The van der Waals surface area contributed by atoms with Crippen molar-refractivity contribution in [2.75, 3.05) is 31.1 Å². The topological polar surface area (TPSA) is 110 Å². The van der Waals surface area contributed by atoms with E-state index in [2.05, 4.69) is 10.3 Å². The van der Waals surface area contributed by atoms with Gasteiger partial charge < -0.3 is 20.2 Å². The van der Waals surface area contributed by atoms with Gasteiger partial charge in [0, 0.05) is 37.7 Å². The van der Waals surface area contributed by atoms with E-state index < -0.39 is 23.4 Å².